The maximum Gasteiger partial charge on any atom is 0.268 e. The first kappa shape index (κ1) is 21.8. The molecule has 0 spiro atoms. The van der Waals surface area contributed by atoms with Crippen LogP contribution in [0, 0.1) is 0 Å². The second-order valence-corrected chi connectivity index (χ2v) is 8.96. The molecule has 2 N–H and O–H groups in total. The van der Waals surface area contributed by atoms with Crippen LogP contribution in [0.1, 0.15) is 27.9 Å². The van der Waals surface area contributed by atoms with Crippen molar-refractivity contribution in [3.05, 3.63) is 120 Å². The summed E-state index contributed by atoms with van der Waals surface area (Å²) in [6.45, 7) is 0. The molecule has 6 nitrogen and oxygen atoms in total. The topological polar surface area (TPSA) is 75.6 Å². The molecule has 0 aliphatic rings. The molecule has 176 valence electrons. The number of nitrogens with one attached hydrogen (secondary N) is 2. The number of fused-ring (bicyclic) bond motifs is 2. The number of aromatic amines is 1. The Morgan fingerprint density at radius 1 is 0.917 bits per heavy atom. The second kappa shape index (κ2) is 9.15. The van der Waals surface area contributed by atoms with Gasteiger partial charge in [0.25, 0.3) is 5.91 Å². The van der Waals surface area contributed by atoms with Crippen molar-refractivity contribution in [2.24, 2.45) is 7.05 Å². The number of carbonyl (C=O) groups excluding carboxylic acids is 1. The Balaban J connectivity index is 1.35. The van der Waals surface area contributed by atoms with E-state index in [1.165, 1.54) is 0 Å². The van der Waals surface area contributed by atoms with Crippen molar-refractivity contribution in [3.63, 3.8) is 0 Å². The highest BCUT2D eigenvalue weighted by Crippen LogP contribution is 2.27. The van der Waals surface area contributed by atoms with Crippen LogP contribution in [0.3, 0.4) is 0 Å². The predicted molar refractivity (Wildman–Crippen MR) is 143 cm³/mol. The minimum atomic E-state index is -0.313. The highest BCUT2D eigenvalue weighted by Gasteiger charge is 2.23. The number of benzene rings is 3. The maximum absolute atomic E-state index is 13.3. The van der Waals surface area contributed by atoms with Crippen molar-refractivity contribution in [2.75, 3.05) is 0 Å². The van der Waals surface area contributed by atoms with Crippen LogP contribution in [0.2, 0.25) is 0 Å². The van der Waals surface area contributed by atoms with Crippen molar-refractivity contribution >= 4 is 27.7 Å². The Hall–Kier alpha value is -4.71. The van der Waals surface area contributed by atoms with Crippen LogP contribution in [0.4, 0.5) is 0 Å². The SMILES string of the molecule is Cn1c(-c2ccc3ncccc3c2)cnc1[C@H](Cc1ccccc1)NC(=O)c1cc2ccccc2[nH]1. The molecule has 1 atom stereocenters. The quantitative estimate of drug-likeness (QED) is 0.321. The van der Waals surface area contributed by atoms with Gasteiger partial charge in [-0.1, -0.05) is 60.7 Å². The van der Waals surface area contributed by atoms with Gasteiger partial charge in [0.1, 0.15) is 11.5 Å². The molecule has 0 fully saturated rings. The van der Waals surface area contributed by atoms with Gasteiger partial charge in [-0.2, -0.15) is 0 Å². The van der Waals surface area contributed by atoms with Crippen molar-refractivity contribution in [1.29, 1.82) is 0 Å². The third-order valence-corrected chi connectivity index (χ3v) is 6.60. The Kier molecular flexibility index (Phi) is 5.54. The Morgan fingerprint density at radius 2 is 1.72 bits per heavy atom. The molecule has 3 aromatic heterocycles. The summed E-state index contributed by atoms with van der Waals surface area (Å²) in [6, 6.07) is 29.8. The number of aromatic nitrogens is 4. The summed E-state index contributed by atoms with van der Waals surface area (Å²) in [5.41, 5.74) is 5.58. The summed E-state index contributed by atoms with van der Waals surface area (Å²) in [5.74, 6) is 0.637. The number of rotatable bonds is 6. The fourth-order valence-corrected chi connectivity index (χ4v) is 4.74. The predicted octanol–water partition coefficient (Wildman–Crippen LogP) is 5.83. The first-order valence-electron chi connectivity index (χ1n) is 11.9. The molecule has 0 bridgehead atoms. The summed E-state index contributed by atoms with van der Waals surface area (Å²) in [4.78, 5) is 25.8. The number of pyridine rings is 1. The van der Waals surface area contributed by atoms with Crippen molar-refractivity contribution in [2.45, 2.75) is 12.5 Å². The first-order chi connectivity index (χ1) is 17.7. The molecular formula is C30H25N5O. The molecule has 6 heteroatoms. The number of nitrogens with zero attached hydrogens (tertiary/aromatic N) is 3. The molecule has 0 aliphatic heterocycles. The molecule has 1 amide bonds. The fourth-order valence-electron chi connectivity index (χ4n) is 4.74. The van der Waals surface area contributed by atoms with Gasteiger partial charge in [-0.25, -0.2) is 4.98 Å². The lowest BCUT2D eigenvalue weighted by Gasteiger charge is -2.19. The lowest BCUT2D eigenvalue weighted by Crippen LogP contribution is -2.32. The summed E-state index contributed by atoms with van der Waals surface area (Å²) in [5, 5.41) is 5.31. The smallest absolute Gasteiger partial charge is 0.268 e. The van der Waals surface area contributed by atoms with E-state index in [2.05, 4.69) is 50.2 Å². The number of hydrogen-bond donors (Lipinski definition) is 2. The molecule has 0 aliphatic carbocycles. The highest BCUT2D eigenvalue weighted by atomic mass is 16.2. The van der Waals surface area contributed by atoms with E-state index < -0.39 is 0 Å². The molecule has 36 heavy (non-hydrogen) atoms. The third kappa shape index (κ3) is 4.14. The van der Waals surface area contributed by atoms with E-state index in [1.54, 1.807) is 6.20 Å². The molecule has 0 radical (unpaired) electrons. The molecule has 6 aromatic rings. The summed E-state index contributed by atoms with van der Waals surface area (Å²) >= 11 is 0. The van der Waals surface area contributed by atoms with Crippen LogP contribution in [0.15, 0.2) is 103 Å². The van der Waals surface area contributed by atoms with E-state index in [0.717, 1.165) is 44.5 Å². The molecule has 3 aromatic carbocycles. The van der Waals surface area contributed by atoms with E-state index in [-0.39, 0.29) is 11.9 Å². The minimum Gasteiger partial charge on any atom is -0.351 e. The van der Waals surface area contributed by atoms with Crippen molar-refractivity contribution < 1.29 is 4.79 Å². The Labute approximate surface area is 208 Å². The molecule has 0 saturated carbocycles. The summed E-state index contributed by atoms with van der Waals surface area (Å²) in [7, 11) is 2.00. The standard InChI is InChI=1S/C30H25N5O/c1-35-28(23-13-14-24-21(17-23)11-7-15-31-24)19-32-29(35)26(16-20-8-3-2-4-9-20)34-30(36)27-18-22-10-5-6-12-25(22)33-27/h2-15,17-19,26,33H,16H2,1H3,(H,34,36)/t26-/m0/s1. The average Bonchev–Trinajstić information content (AvgIpc) is 3.52. The van der Waals surface area contributed by atoms with Crippen LogP contribution in [-0.2, 0) is 13.5 Å². The fraction of sp³-hybridized carbons (Fsp3) is 0.100. The maximum atomic E-state index is 13.3. The molecule has 6 rings (SSSR count). The van der Waals surface area contributed by atoms with E-state index in [4.69, 9.17) is 4.98 Å². The number of amides is 1. The number of imidazole rings is 1. The van der Waals surface area contributed by atoms with E-state index in [1.807, 2.05) is 73.9 Å². The number of para-hydroxylation sites is 1. The van der Waals surface area contributed by atoms with Gasteiger partial charge in [0, 0.05) is 35.1 Å². The lowest BCUT2D eigenvalue weighted by molar-refractivity contribution is 0.0930. The zero-order valence-electron chi connectivity index (χ0n) is 19.8. The van der Waals surface area contributed by atoms with Gasteiger partial charge in [-0.05, 0) is 42.3 Å². The number of hydrogen-bond acceptors (Lipinski definition) is 3. The molecule has 0 saturated heterocycles. The average molecular weight is 472 g/mol. The van der Waals surface area contributed by atoms with Gasteiger partial charge in [-0.15, -0.1) is 0 Å². The van der Waals surface area contributed by atoms with Crippen LogP contribution in [0.25, 0.3) is 33.1 Å². The Bertz CT molecular complexity index is 1650. The normalized spacial score (nSPS) is 12.1. The van der Waals surface area contributed by atoms with Gasteiger partial charge in [0.05, 0.1) is 23.4 Å². The van der Waals surface area contributed by atoms with Gasteiger partial charge >= 0.3 is 0 Å². The van der Waals surface area contributed by atoms with Gasteiger partial charge in [0.15, 0.2) is 0 Å². The molecule has 0 unspecified atom stereocenters. The monoisotopic (exact) mass is 471 g/mol. The first-order valence-corrected chi connectivity index (χ1v) is 11.9. The van der Waals surface area contributed by atoms with Gasteiger partial charge in [-0.3, -0.25) is 9.78 Å². The summed E-state index contributed by atoms with van der Waals surface area (Å²) < 4.78 is 2.07. The summed E-state index contributed by atoms with van der Waals surface area (Å²) in [6.07, 6.45) is 4.30. The third-order valence-electron chi connectivity index (χ3n) is 6.60. The van der Waals surface area contributed by atoms with Crippen LogP contribution in [0.5, 0.6) is 0 Å². The van der Waals surface area contributed by atoms with Crippen LogP contribution >= 0.6 is 0 Å². The second-order valence-electron chi connectivity index (χ2n) is 8.96. The van der Waals surface area contributed by atoms with Crippen molar-refractivity contribution in [3.8, 4) is 11.3 Å². The minimum absolute atomic E-state index is 0.159. The lowest BCUT2D eigenvalue weighted by atomic mass is 10.0. The molecule has 3 heterocycles. The van der Waals surface area contributed by atoms with Crippen molar-refractivity contribution in [1.82, 2.24) is 24.8 Å². The highest BCUT2D eigenvalue weighted by molar-refractivity contribution is 5.98. The van der Waals surface area contributed by atoms with Crippen LogP contribution in [-0.4, -0.2) is 25.4 Å². The van der Waals surface area contributed by atoms with Crippen LogP contribution < -0.4 is 5.32 Å². The zero-order chi connectivity index (χ0) is 24.5. The number of H-pyrrole nitrogens is 1. The van der Waals surface area contributed by atoms with Gasteiger partial charge < -0.3 is 14.9 Å². The molecular weight excluding hydrogens is 446 g/mol. The van der Waals surface area contributed by atoms with Gasteiger partial charge in [0.2, 0.25) is 0 Å². The van der Waals surface area contributed by atoms with E-state index >= 15 is 0 Å². The Morgan fingerprint density at radius 3 is 2.58 bits per heavy atom. The van der Waals surface area contributed by atoms with E-state index in [9.17, 15) is 4.79 Å². The largest absolute Gasteiger partial charge is 0.351 e. The van der Waals surface area contributed by atoms with E-state index in [0.29, 0.717) is 12.1 Å². The zero-order valence-corrected chi connectivity index (χ0v) is 19.8. The number of carbonyl (C=O) groups is 1.